The summed E-state index contributed by atoms with van der Waals surface area (Å²) in [6.45, 7) is 5.90. The smallest absolute Gasteiger partial charge is 0.236 e. The molecule has 0 bridgehead atoms. The molecule has 2 heterocycles. The Bertz CT molecular complexity index is 365. The van der Waals surface area contributed by atoms with E-state index in [-0.39, 0.29) is 12.4 Å². The van der Waals surface area contributed by atoms with E-state index in [1.807, 2.05) is 0 Å². The van der Waals surface area contributed by atoms with Crippen molar-refractivity contribution < 1.29 is 4.79 Å². The second kappa shape index (κ2) is 7.30. The van der Waals surface area contributed by atoms with Crippen LogP contribution in [0.15, 0.2) is 0 Å². The summed E-state index contributed by atoms with van der Waals surface area (Å²) >= 11 is 0. The summed E-state index contributed by atoms with van der Waals surface area (Å²) in [5, 5.41) is 0. The maximum Gasteiger partial charge on any atom is 0.236 e. The zero-order valence-corrected chi connectivity index (χ0v) is 14.0. The Kier molecular flexibility index (Phi) is 5.92. The number of nitrogens with zero attached hydrogens (tertiary/aromatic N) is 2. The van der Waals surface area contributed by atoms with Crippen molar-refractivity contribution in [2.24, 2.45) is 17.6 Å². The first-order valence-electron chi connectivity index (χ1n) is 8.42. The molecule has 3 rings (SSSR count). The molecule has 3 fully saturated rings. The minimum atomic E-state index is 0. The highest BCUT2D eigenvalue weighted by molar-refractivity contribution is 5.85. The number of amides is 1. The van der Waals surface area contributed by atoms with E-state index in [9.17, 15) is 4.79 Å². The minimum Gasteiger partial charge on any atom is -0.339 e. The Morgan fingerprint density at radius 2 is 1.95 bits per heavy atom. The average Bonchev–Trinajstić information content (AvgIpc) is 2.83. The van der Waals surface area contributed by atoms with E-state index in [0.717, 1.165) is 25.6 Å². The number of rotatable bonds is 2. The molecular formula is C16H30ClN3O. The Morgan fingerprint density at radius 1 is 1.14 bits per heavy atom. The average molecular weight is 316 g/mol. The van der Waals surface area contributed by atoms with Crippen molar-refractivity contribution in [3.8, 4) is 0 Å². The molecule has 1 amide bonds. The van der Waals surface area contributed by atoms with Gasteiger partial charge in [-0.3, -0.25) is 9.69 Å². The second-order valence-electron chi connectivity index (χ2n) is 7.14. The number of nitrogens with two attached hydrogens (primary N) is 1. The molecule has 2 N–H and O–H groups in total. The van der Waals surface area contributed by atoms with Gasteiger partial charge in [0.1, 0.15) is 0 Å². The van der Waals surface area contributed by atoms with Gasteiger partial charge < -0.3 is 10.6 Å². The molecule has 1 aliphatic carbocycles. The molecule has 122 valence electrons. The summed E-state index contributed by atoms with van der Waals surface area (Å²) in [5.41, 5.74) is 6.26. The molecule has 0 aromatic rings. The van der Waals surface area contributed by atoms with E-state index in [2.05, 4.69) is 16.7 Å². The van der Waals surface area contributed by atoms with Crippen molar-refractivity contribution in [3.05, 3.63) is 0 Å². The first-order valence-corrected chi connectivity index (χ1v) is 8.42. The maximum absolute atomic E-state index is 12.5. The van der Waals surface area contributed by atoms with Gasteiger partial charge in [0.2, 0.25) is 5.91 Å². The van der Waals surface area contributed by atoms with Crippen LogP contribution in [0.3, 0.4) is 0 Å². The Labute approximate surface area is 134 Å². The first kappa shape index (κ1) is 17.0. The molecule has 2 aliphatic heterocycles. The van der Waals surface area contributed by atoms with E-state index >= 15 is 0 Å². The first-order chi connectivity index (χ1) is 9.65. The van der Waals surface area contributed by atoms with Gasteiger partial charge in [-0.2, -0.15) is 0 Å². The van der Waals surface area contributed by atoms with Crippen LogP contribution in [-0.2, 0) is 4.79 Å². The number of hydrogen-bond acceptors (Lipinski definition) is 3. The minimum absolute atomic E-state index is 0. The quantitative estimate of drug-likeness (QED) is 0.846. The van der Waals surface area contributed by atoms with Crippen LogP contribution in [0.25, 0.3) is 0 Å². The largest absolute Gasteiger partial charge is 0.339 e. The van der Waals surface area contributed by atoms with Gasteiger partial charge in [-0.05, 0) is 50.9 Å². The molecule has 2 saturated heterocycles. The molecule has 1 saturated carbocycles. The van der Waals surface area contributed by atoms with Gasteiger partial charge in [0, 0.05) is 31.7 Å². The third-order valence-corrected chi connectivity index (χ3v) is 5.71. The van der Waals surface area contributed by atoms with Crippen molar-refractivity contribution in [1.29, 1.82) is 0 Å². The molecule has 5 heteroatoms. The molecule has 0 radical (unpaired) electrons. The van der Waals surface area contributed by atoms with Crippen LogP contribution < -0.4 is 5.73 Å². The van der Waals surface area contributed by atoms with Gasteiger partial charge in [-0.15, -0.1) is 12.4 Å². The summed E-state index contributed by atoms with van der Waals surface area (Å²) in [5.74, 6) is 1.71. The summed E-state index contributed by atoms with van der Waals surface area (Å²) in [6, 6.07) is 0.797. The highest BCUT2D eigenvalue weighted by Gasteiger charge is 2.39. The van der Waals surface area contributed by atoms with Gasteiger partial charge in [-0.25, -0.2) is 0 Å². The van der Waals surface area contributed by atoms with E-state index in [1.54, 1.807) is 0 Å². The monoisotopic (exact) mass is 315 g/mol. The van der Waals surface area contributed by atoms with Crippen LogP contribution >= 0.6 is 12.4 Å². The number of fused-ring (bicyclic) bond motifs is 1. The maximum atomic E-state index is 12.5. The molecule has 0 aromatic heterocycles. The third kappa shape index (κ3) is 3.72. The van der Waals surface area contributed by atoms with Crippen molar-refractivity contribution in [3.63, 3.8) is 0 Å². The summed E-state index contributed by atoms with van der Waals surface area (Å²) in [4.78, 5) is 17.0. The number of piperidine rings is 1. The van der Waals surface area contributed by atoms with Crippen LogP contribution in [0, 0.1) is 11.8 Å². The Balaban J connectivity index is 0.00000161. The lowest BCUT2D eigenvalue weighted by atomic mass is 9.78. The SMILES string of the molecule is CC1CCCCN1C(=O)CN1CC2CCCC(N)C2C1.Cl. The molecule has 3 aliphatic rings. The molecule has 0 spiro atoms. The summed E-state index contributed by atoms with van der Waals surface area (Å²) in [6.07, 6.45) is 7.37. The van der Waals surface area contributed by atoms with Crippen LogP contribution in [0.2, 0.25) is 0 Å². The fourth-order valence-corrected chi connectivity index (χ4v) is 4.49. The molecular weight excluding hydrogens is 286 g/mol. The predicted octanol–water partition coefficient (Wildman–Crippen LogP) is 1.87. The summed E-state index contributed by atoms with van der Waals surface area (Å²) < 4.78 is 0. The van der Waals surface area contributed by atoms with Gasteiger partial charge >= 0.3 is 0 Å². The van der Waals surface area contributed by atoms with Crippen molar-refractivity contribution >= 4 is 18.3 Å². The number of carbonyl (C=O) groups is 1. The second-order valence-corrected chi connectivity index (χ2v) is 7.14. The van der Waals surface area contributed by atoms with Crippen molar-refractivity contribution in [2.75, 3.05) is 26.2 Å². The van der Waals surface area contributed by atoms with Gasteiger partial charge in [-0.1, -0.05) is 6.42 Å². The van der Waals surface area contributed by atoms with Crippen molar-refractivity contribution in [2.45, 2.75) is 57.5 Å². The van der Waals surface area contributed by atoms with E-state index < -0.39 is 0 Å². The van der Waals surface area contributed by atoms with E-state index in [4.69, 9.17) is 5.73 Å². The fraction of sp³-hybridized carbons (Fsp3) is 0.938. The fourth-order valence-electron chi connectivity index (χ4n) is 4.49. The normalized spacial score (nSPS) is 37.0. The number of carbonyl (C=O) groups excluding carboxylic acids is 1. The molecule has 4 nitrogen and oxygen atoms in total. The zero-order chi connectivity index (χ0) is 14.1. The van der Waals surface area contributed by atoms with Gasteiger partial charge in [0.25, 0.3) is 0 Å². The standard InChI is InChI=1S/C16H29N3O.ClH/c1-12-5-2-3-8-19(12)16(20)11-18-9-13-6-4-7-15(17)14(13)10-18;/h12-15H,2-11,17H2,1H3;1H. The third-order valence-electron chi connectivity index (χ3n) is 5.71. The number of halogens is 1. The van der Waals surface area contributed by atoms with Crippen molar-refractivity contribution in [1.82, 2.24) is 9.80 Å². The molecule has 4 unspecified atom stereocenters. The lowest BCUT2D eigenvalue weighted by molar-refractivity contribution is -0.135. The van der Waals surface area contributed by atoms with Gasteiger partial charge in [0.15, 0.2) is 0 Å². The van der Waals surface area contributed by atoms with Crippen LogP contribution in [0.1, 0.15) is 45.4 Å². The predicted molar refractivity (Wildman–Crippen MR) is 87.5 cm³/mol. The van der Waals surface area contributed by atoms with Crippen LogP contribution in [0.4, 0.5) is 0 Å². The topological polar surface area (TPSA) is 49.6 Å². The molecule has 21 heavy (non-hydrogen) atoms. The Morgan fingerprint density at radius 3 is 2.67 bits per heavy atom. The number of likely N-dealkylation sites (tertiary alicyclic amines) is 2. The zero-order valence-electron chi connectivity index (χ0n) is 13.2. The Hall–Kier alpha value is -0.320. The lowest BCUT2D eigenvalue weighted by Crippen LogP contribution is -2.46. The molecule has 4 atom stereocenters. The van der Waals surface area contributed by atoms with E-state index in [1.165, 1.54) is 38.5 Å². The highest BCUT2D eigenvalue weighted by atomic mass is 35.5. The molecule has 0 aromatic carbocycles. The van der Waals surface area contributed by atoms with Gasteiger partial charge in [0.05, 0.1) is 6.54 Å². The lowest BCUT2D eigenvalue weighted by Gasteiger charge is -2.34. The van der Waals surface area contributed by atoms with Crippen LogP contribution in [0.5, 0.6) is 0 Å². The highest BCUT2D eigenvalue weighted by Crippen LogP contribution is 2.35. The summed E-state index contributed by atoms with van der Waals surface area (Å²) in [7, 11) is 0. The van der Waals surface area contributed by atoms with Crippen LogP contribution in [-0.4, -0.2) is 54.0 Å². The number of hydrogen-bond donors (Lipinski definition) is 1. The van der Waals surface area contributed by atoms with E-state index in [0.29, 0.717) is 30.5 Å².